The lowest BCUT2D eigenvalue weighted by Gasteiger charge is -2.42. The van der Waals surface area contributed by atoms with Crippen LogP contribution in [0.1, 0.15) is 52.0 Å². The third-order valence-corrected chi connectivity index (χ3v) is 6.48. The second-order valence-corrected chi connectivity index (χ2v) is 7.98. The minimum atomic E-state index is -1.72. The van der Waals surface area contributed by atoms with Crippen LogP contribution in [0, 0.1) is 17.3 Å². The first-order valence-corrected chi connectivity index (χ1v) is 8.86. The van der Waals surface area contributed by atoms with Gasteiger partial charge in [-0.05, 0) is 30.2 Å². The molecule has 0 spiro atoms. The van der Waals surface area contributed by atoms with Crippen molar-refractivity contribution in [3.63, 3.8) is 0 Å². The van der Waals surface area contributed by atoms with Crippen LogP contribution in [0.25, 0.3) is 0 Å². The van der Waals surface area contributed by atoms with E-state index in [-0.39, 0.29) is 17.1 Å². The molecule has 1 fully saturated rings. The van der Waals surface area contributed by atoms with Crippen molar-refractivity contribution < 1.29 is 14.7 Å². The molecule has 0 bridgehead atoms. The Labute approximate surface area is 143 Å². The Bertz CT molecular complexity index is 681. The molecule has 1 amide bonds. The summed E-state index contributed by atoms with van der Waals surface area (Å²) in [5, 5.41) is 11.4. The molecule has 1 aromatic carbocycles. The lowest BCUT2D eigenvalue weighted by molar-refractivity contribution is -0.154. The van der Waals surface area contributed by atoms with Crippen molar-refractivity contribution in [2.75, 3.05) is 11.9 Å². The smallest absolute Gasteiger partial charge is 0.264 e. The third-order valence-electron chi connectivity index (χ3n) is 6.48. The minimum absolute atomic E-state index is 0.0131. The highest BCUT2D eigenvalue weighted by Crippen LogP contribution is 2.51. The van der Waals surface area contributed by atoms with Crippen molar-refractivity contribution in [2.45, 2.75) is 52.1 Å². The van der Waals surface area contributed by atoms with E-state index in [1.165, 1.54) is 4.90 Å². The molecule has 1 aliphatic heterocycles. The normalized spacial score (nSPS) is 30.6. The van der Waals surface area contributed by atoms with Crippen molar-refractivity contribution in [3.05, 3.63) is 29.8 Å². The molecule has 1 N–H and O–H groups in total. The second-order valence-electron chi connectivity index (χ2n) is 7.98. The highest BCUT2D eigenvalue weighted by atomic mass is 16.3. The predicted octanol–water partition coefficient (Wildman–Crippen LogP) is 3.27. The van der Waals surface area contributed by atoms with Crippen LogP contribution < -0.4 is 4.90 Å². The van der Waals surface area contributed by atoms with Crippen LogP contribution in [0.4, 0.5) is 5.69 Å². The second kappa shape index (κ2) is 5.69. The number of nitrogens with zero attached hydrogens (tertiary/aromatic N) is 1. The largest absolute Gasteiger partial charge is 0.375 e. The number of ketones is 1. The number of benzene rings is 1. The summed E-state index contributed by atoms with van der Waals surface area (Å²) in [7, 11) is 1.67. The van der Waals surface area contributed by atoms with E-state index in [1.807, 2.05) is 18.2 Å². The summed E-state index contributed by atoms with van der Waals surface area (Å²) in [6, 6.07) is 7.27. The molecule has 24 heavy (non-hydrogen) atoms. The average Bonchev–Trinajstić information content (AvgIpc) is 2.78. The first-order valence-electron chi connectivity index (χ1n) is 8.86. The Hall–Kier alpha value is -1.68. The number of likely N-dealkylation sites (N-methyl/N-ethyl adjacent to an activating group) is 1. The Morgan fingerprint density at radius 2 is 1.96 bits per heavy atom. The molecule has 1 aliphatic carbocycles. The molecule has 2 aliphatic rings. The molecule has 1 saturated carbocycles. The number of para-hydroxylation sites is 1. The van der Waals surface area contributed by atoms with Crippen molar-refractivity contribution in [3.8, 4) is 0 Å². The van der Waals surface area contributed by atoms with Gasteiger partial charge in [0.25, 0.3) is 5.91 Å². The summed E-state index contributed by atoms with van der Waals surface area (Å²) < 4.78 is 0. The number of carbonyl (C=O) groups excluding carboxylic acids is 2. The van der Waals surface area contributed by atoms with Gasteiger partial charge in [-0.15, -0.1) is 0 Å². The zero-order chi connectivity index (χ0) is 17.7. The number of carbonyl (C=O) groups is 2. The fraction of sp³-hybridized carbons (Fsp3) is 0.600. The molecule has 3 rings (SSSR count). The number of rotatable bonds is 3. The quantitative estimate of drug-likeness (QED) is 0.926. The summed E-state index contributed by atoms with van der Waals surface area (Å²) in [4.78, 5) is 27.0. The molecule has 0 saturated heterocycles. The summed E-state index contributed by atoms with van der Waals surface area (Å²) >= 11 is 0. The van der Waals surface area contributed by atoms with Crippen molar-refractivity contribution in [1.29, 1.82) is 0 Å². The van der Waals surface area contributed by atoms with Gasteiger partial charge in [0, 0.05) is 19.0 Å². The van der Waals surface area contributed by atoms with Crippen LogP contribution in [-0.2, 0) is 15.2 Å². The Balaban J connectivity index is 2.03. The average molecular weight is 329 g/mol. The zero-order valence-electron chi connectivity index (χ0n) is 15.0. The number of anilines is 1. The molecule has 3 atom stereocenters. The van der Waals surface area contributed by atoms with E-state index in [9.17, 15) is 14.7 Å². The van der Waals surface area contributed by atoms with Gasteiger partial charge in [-0.2, -0.15) is 0 Å². The number of hydrogen-bond donors (Lipinski definition) is 1. The third kappa shape index (κ3) is 2.31. The molecule has 4 nitrogen and oxygen atoms in total. The molecule has 0 aromatic heterocycles. The van der Waals surface area contributed by atoms with Crippen LogP contribution in [-0.4, -0.2) is 23.8 Å². The van der Waals surface area contributed by atoms with E-state index in [0.717, 1.165) is 12.8 Å². The van der Waals surface area contributed by atoms with Gasteiger partial charge in [-0.1, -0.05) is 45.4 Å². The number of amides is 1. The van der Waals surface area contributed by atoms with Crippen LogP contribution in [0.3, 0.4) is 0 Å². The van der Waals surface area contributed by atoms with Crippen LogP contribution in [0.5, 0.6) is 0 Å². The van der Waals surface area contributed by atoms with Gasteiger partial charge in [0.2, 0.25) is 0 Å². The molecular formula is C20H27NO3. The molecule has 4 heteroatoms. The van der Waals surface area contributed by atoms with Crippen LogP contribution >= 0.6 is 0 Å². The number of hydrogen-bond acceptors (Lipinski definition) is 3. The monoisotopic (exact) mass is 329 g/mol. The molecule has 0 radical (unpaired) electrons. The van der Waals surface area contributed by atoms with Crippen molar-refractivity contribution >= 4 is 17.4 Å². The van der Waals surface area contributed by atoms with E-state index in [0.29, 0.717) is 30.0 Å². The Morgan fingerprint density at radius 3 is 2.62 bits per heavy atom. The number of Topliss-reactive ketones (excluding diaryl/α,β-unsaturated/α-hetero) is 1. The maximum Gasteiger partial charge on any atom is 0.264 e. The molecule has 130 valence electrons. The minimum Gasteiger partial charge on any atom is -0.375 e. The predicted molar refractivity (Wildman–Crippen MR) is 93.7 cm³/mol. The Kier molecular flexibility index (Phi) is 4.07. The standard InChI is InChI=1S/C20H27NO3/c1-5-19(2,3)13-10-11-17(22)15(12-13)20(24)14-8-6-7-9-16(14)21(4)18(20)23/h6-9,13,15,24H,5,10-12H2,1-4H3/t13-,15-,20-/m1/s1. The lowest BCUT2D eigenvalue weighted by atomic mass is 9.62. The maximum absolute atomic E-state index is 12.9. The number of fused-ring (bicyclic) bond motifs is 1. The van der Waals surface area contributed by atoms with E-state index in [2.05, 4.69) is 20.8 Å². The zero-order valence-corrected chi connectivity index (χ0v) is 15.0. The van der Waals surface area contributed by atoms with Gasteiger partial charge in [-0.3, -0.25) is 9.59 Å². The molecular weight excluding hydrogens is 302 g/mol. The highest BCUT2D eigenvalue weighted by molar-refractivity contribution is 6.09. The van der Waals surface area contributed by atoms with Crippen molar-refractivity contribution in [2.24, 2.45) is 17.3 Å². The van der Waals surface area contributed by atoms with Gasteiger partial charge in [-0.25, -0.2) is 0 Å². The van der Waals surface area contributed by atoms with Gasteiger partial charge in [0.1, 0.15) is 5.78 Å². The summed E-state index contributed by atoms with van der Waals surface area (Å²) in [6.07, 6.45) is 2.88. The summed E-state index contributed by atoms with van der Waals surface area (Å²) in [6.45, 7) is 6.58. The van der Waals surface area contributed by atoms with E-state index in [4.69, 9.17) is 0 Å². The summed E-state index contributed by atoms with van der Waals surface area (Å²) in [5.41, 5.74) is -0.340. The topological polar surface area (TPSA) is 57.6 Å². The van der Waals surface area contributed by atoms with Crippen molar-refractivity contribution in [1.82, 2.24) is 0 Å². The first kappa shape index (κ1) is 17.2. The van der Waals surface area contributed by atoms with Gasteiger partial charge < -0.3 is 10.0 Å². The molecule has 1 aromatic rings. The lowest BCUT2D eigenvalue weighted by Crippen LogP contribution is -2.50. The summed E-state index contributed by atoms with van der Waals surface area (Å²) in [5.74, 6) is -0.683. The van der Waals surface area contributed by atoms with Crippen LogP contribution in [0.2, 0.25) is 0 Å². The van der Waals surface area contributed by atoms with Gasteiger partial charge in [0.05, 0.1) is 11.6 Å². The highest BCUT2D eigenvalue weighted by Gasteiger charge is 2.57. The van der Waals surface area contributed by atoms with Gasteiger partial charge >= 0.3 is 0 Å². The van der Waals surface area contributed by atoms with Crippen LogP contribution in [0.15, 0.2) is 24.3 Å². The van der Waals surface area contributed by atoms with E-state index < -0.39 is 11.5 Å². The van der Waals surface area contributed by atoms with E-state index in [1.54, 1.807) is 13.1 Å². The fourth-order valence-electron chi connectivity index (χ4n) is 4.33. The molecule has 1 heterocycles. The Morgan fingerprint density at radius 1 is 1.29 bits per heavy atom. The van der Waals surface area contributed by atoms with Gasteiger partial charge in [0.15, 0.2) is 5.60 Å². The molecule has 0 unspecified atom stereocenters. The number of aliphatic hydroxyl groups is 1. The maximum atomic E-state index is 12.9. The SMILES string of the molecule is CCC(C)(C)[C@@H]1CCC(=O)[C@H]([C@@]2(O)C(=O)N(C)c3ccccc32)C1. The first-order chi connectivity index (χ1) is 11.2. The fourth-order valence-corrected chi connectivity index (χ4v) is 4.33. The van der Waals surface area contributed by atoms with E-state index >= 15 is 0 Å².